The van der Waals surface area contributed by atoms with Gasteiger partial charge in [-0.25, -0.2) is 4.79 Å². The van der Waals surface area contributed by atoms with Gasteiger partial charge in [0, 0.05) is 7.11 Å². The highest BCUT2D eigenvalue weighted by atomic mass is 16.6. The lowest BCUT2D eigenvalue weighted by Crippen LogP contribution is -2.37. The van der Waals surface area contributed by atoms with Gasteiger partial charge in [0.1, 0.15) is 0 Å². The number of hydroxylamine groups is 2. The van der Waals surface area contributed by atoms with Crippen LogP contribution in [0.5, 0.6) is 0 Å². The molecule has 16 heavy (non-hydrogen) atoms. The van der Waals surface area contributed by atoms with Crippen molar-refractivity contribution in [3.8, 4) is 0 Å². The first-order chi connectivity index (χ1) is 7.51. The minimum Gasteiger partial charge on any atom is -0.463 e. The fourth-order valence-electron chi connectivity index (χ4n) is 2.36. The lowest BCUT2D eigenvalue weighted by molar-refractivity contribution is -0.0999. The molecular weight excluding hydrogens is 210 g/mol. The summed E-state index contributed by atoms with van der Waals surface area (Å²) < 4.78 is 5.54. The molecule has 1 unspecified atom stereocenters. The normalized spacial score (nSPS) is 20.7. The van der Waals surface area contributed by atoms with Gasteiger partial charge in [0.05, 0.1) is 11.6 Å². The molecule has 5 heteroatoms. The van der Waals surface area contributed by atoms with E-state index in [0.29, 0.717) is 11.5 Å². The van der Waals surface area contributed by atoms with Crippen LogP contribution >= 0.6 is 0 Å². The molecule has 0 heterocycles. The van der Waals surface area contributed by atoms with Crippen molar-refractivity contribution in [3.63, 3.8) is 0 Å². The first-order valence-corrected chi connectivity index (χ1v) is 5.77. The summed E-state index contributed by atoms with van der Waals surface area (Å²) in [5.74, 6) is 0. The third-order valence-electron chi connectivity index (χ3n) is 3.58. The van der Waals surface area contributed by atoms with Gasteiger partial charge in [0.25, 0.3) is 0 Å². The number of amides is 1. The van der Waals surface area contributed by atoms with Gasteiger partial charge < -0.3 is 9.84 Å². The number of ether oxygens (including phenoxy) is 1. The van der Waals surface area contributed by atoms with Crippen LogP contribution in [0.15, 0.2) is 0 Å². The highest BCUT2D eigenvalue weighted by molar-refractivity contribution is 5.63. The molecule has 5 nitrogen and oxygen atoms in total. The van der Waals surface area contributed by atoms with Crippen LogP contribution < -0.4 is 0 Å². The molecular formula is C11H21NO4. The van der Waals surface area contributed by atoms with Crippen molar-refractivity contribution in [2.24, 2.45) is 0 Å². The lowest BCUT2D eigenvalue weighted by Gasteiger charge is -2.29. The van der Waals surface area contributed by atoms with Crippen molar-refractivity contribution in [2.75, 3.05) is 7.11 Å². The van der Waals surface area contributed by atoms with Crippen LogP contribution in [-0.2, 0) is 4.74 Å². The minimum absolute atomic E-state index is 0.0897. The zero-order valence-corrected chi connectivity index (χ0v) is 9.98. The quantitative estimate of drug-likeness (QED) is 0.563. The maximum Gasteiger partial charge on any atom is 0.431 e. The van der Waals surface area contributed by atoms with Crippen molar-refractivity contribution < 1.29 is 19.8 Å². The second-order valence-electron chi connectivity index (χ2n) is 4.61. The molecule has 1 rings (SSSR count). The molecule has 0 saturated heterocycles. The molecule has 0 aromatic heterocycles. The Morgan fingerprint density at radius 3 is 2.50 bits per heavy atom. The van der Waals surface area contributed by atoms with Gasteiger partial charge in [0.2, 0.25) is 0 Å². The Morgan fingerprint density at radius 1 is 1.50 bits per heavy atom. The van der Waals surface area contributed by atoms with E-state index in [1.165, 1.54) is 12.8 Å². The molecule has 0 radical (unpaired) electrons. The SMILES string of the molecule is COC1(CCC(C)N(O)C(=O)O)CCCC1. The maximum absolute atomic E-state index is 10.5. The number of carbonyl (C=O) groups is 1. The number of rotatable bonds is 5. The number of carboxylic acid groups (broad SMARTS) is 1. The summed E-state index contributed by atoms with van der Waals surface area (Å²) in [5, 5.41) is 18.2. The van der Waals surface area contributed by atoms with Crippen molar-refractivity contribution in [2.45, 2.75) is 57.1 Å². The molecule has 0 aromatic rings. The molecule has 0 aromatic carbocycles. The fraction of sp³-hybridized carbons (Fsp3) is 0.909. The topological polar surface area (TPSA) is 70.0 Å². The molecule has 1 aliphatic carbocycles. The predicted molar refractivity (Wildman–Crippen MR) is 58.6 cm³/mol. The number of nitrogens with zero attached hydrogens (tertiary/aromatic N) is 1. The summed E-state index contributed by atoms with van der Waals surface area (Å²) >= 11 is 0. The molecule has 1 saturated carbocycles. The Bertz CT molecular complexity index is 238. The van der Waals surface area contributed by atoms with Crippen LogP contribution in [0, 0.1) is 0 Å². The van der Waals surface area contributed by atoms with Crippen LogP contribution in [0.25, 0.3) is 0 Å². The van der Waals surface area contributed by atoms with Gasteiger partial charge >= 0.3 is 6.09 Å². The highest BCUT2D eigenvalue weighted by Crippen LogP contribution is 2.36. The third-order valence-corrected chi connectivity index (χ3v) is 3.58. The highest BCUT2D eigenvalue weighted by Gasteiger charge is 2.34. The minimum atomic E-state index is -1.30. The van der Waals surface area contributed by atoms with Crippen molar-refractivity contribution in [1.82, 2.24) is 5.06 Å². The van der Waals surface area contributed by atoms with E-state index in [0.717, 1.165) is 19.3 Å². The monoisotopic (exact) mass is 231 g/mol. The van der Waals surface area contributed by atoms with Gasteiger partial charge in [-0.3, -0.25) is 5.21 Å². The van der Waals surface area contributed by atoms with E-state index < -0.39 is 6.09 Å². The number of hydrogen-bond acceptors (Lipinski definition) is 3. The van der Waals surface area contributed by atoms with E-state index in [-0.39, 0.29) is 11.6 Å². The molecule has 0 bridgehead atoms. The number of hydrogen-bond donors (Lipinski definition) is 2. The average molecular weight is 231 g/mol. The first-order valence-electron chi connectivity index (χ1n) is 5.77. The van der Waals surface area contributed by atoms with Crippen molar-refractivity contribution in [1.29, 1.82) is 0 Å². The Labute approximate surface area is 96.0 Å². The molecule has 1 amide bonds. The van der Waals surface area contributed by atoms with E-state index in [2.05, 4.69) is 0 Å². The Hall–Kier alpha value is -0.810. The van der Waals surface area contributed by atoms with Crippen LogP contribution in [0.1, 0.15) is 45.4 Å². The number of methoxy groups -OCH3 is 1. The maximum atomic E-state index is 10.5. The van der Waals surface area contributed by atoms with E-state index in [9.17, 15) is 10.0 Å². The largest absolute Gasteiger partial charge is 0.463 e. The standard InChI is InChI=1S/C11H21NO4/c1-9(12(15)10(13)14)5-8-11(16-2)6-3-4-7-11/h9,15H,3-8H2,1-2H3,(H,13,14). The Morgan fingerprint density at radius 2 is 2.06 bits per heavy atom. The molecule has 1 aliphatic rings. The zero-order valence-electron chi connectivity index (χ0n) is 9.98. The van der Waals surface area contributed by atoms with Gasteiger partial charge in [-0.15, -0.1) is 0 Å². The van der Waals surface area contributed by atoms with Crippen LogP contribution in [0.3, 0.4) is 0 Å². The summed E-state index contributed by atoms with van der Waals surface area (Å²) in [6.45, 7) is 1.70. The second-order valence-corrected chi connectivity index (χ2v) is 4.61. The smallest absolute Gasteiger partial charge is 0.431 e. The molecule has 0 spiro atoms. The molecule has 1 fully saturated rings. The third kappa shape index (κ3) is 3.09. The van der Waals surface area contributed by atoms with Gasteiger partial charge in [-0.2, -0.15) is 5.06 Å². The van der Waals surface area contributed by atoms with Crippen molar-refractivity contribution in [3.05, 3.63) is 0 Å². The van der Waals surface area contributed by atoms with Gasteiger partial charge in [-0.1, -0.05) is 12.8 Å². The van der Waals surface area contributed by atoms with Crippen LogP contribution in [0.4, 0.5) is 4.79 Å². The summed E-state index contributed by atoms with van der Waals surface area (Å²) in [6.07, 6.45) is 4.54. The van der Waals surface area contributed by atoms with E-state index in [1.807, 2.05) is 0 Å². The summed E-state index contributed by atoms with van der Waals surface area (Å²) in [6, 6.07) is -0.384. The summed E-state index contributed by atoms with van der Waals surface area (Å²) in [4.78, 5) is 10.5. The molecule has 1 atom stereocenters. The summed E-state index contributed by atoms with van der Waals surface area (Å²) in [7, 11) is 1.71. The van der Waals surface area contributed by atoms with Gasteiger partial charge in [-0.05, 0) is 32.6 Å². The predicted octanol–water partition coefficient (Wildman–Crippen LogP) is 2.48. The lowest BCUT2D eigenvalue weighted by atomic mass is 9.93. The Kier molecular flexibility index (Phi) is 4.56. The van der Waals surface area contributed by atoms with E-state index in [4.69, 9.17) is 9.84 Å². The average Bonchev–Trinajstić information content (AvgIpc) is 2.74. The molecule has 2 N–H and O–H groups in total. The van der Waals surface area contributed by atoms with Crippen LogP contribution in [0.2, 0.25) is 0 Å². The van der Waals surface area contributed by atoms with E-state index >= 15 is 0 Å². The fourth-order valence-corrected chi connectivity index (χ4v) is 2.36. The Balaban J connectivity index is 2.40. The van der Waals surface area contributed by atoms with Crippen molar-refractivity contribution >= 4 is 6.09 Å². The first kappa shape index (κ1) is 13.3. The van der Waals surface area contributed by atoms with E-state index in [1.54, 1.807) is 14.0 Å². The zero-order chi connectivity index (χ0) is 12.2. The van der Waals surface area contributed by atoms with Crippen LogP contribution in [-0.4, -0.2) is 40.2 Å². The van der Waals surface area contributed by atoms with Gasteiger partial charge in [0.15, 0.2) is 0 Å². The summed E-state index contributed by atoms with van der Waals surface area (Å²) in [5.41, 5.74) is -0.0897. The second kappa shape index (κ2) is 5.50. The molecule has 94 valence electrons. The molecule has 0 aliphatic heterocycles.